The third-order valence-corrected chi connectivity index (χ3v) is 5.31. The van der Waals surface area contributed by atoms with Gasteiger partial charge < -0.3 is 5.32 Å². The fourth-order valence-electron chi connectivity index (χ4n) is 3.77. The van der Waals surface area contributed by atoms with Crippen molar-refractivity contribution in [3.05, 3.63) is 69.4 Å². The first-order valence-corrected chi connectivity index (χ1v) is 9.70. The maximum Gasteiger partial charge on any atom is 0.263 e. The fourth-order valence-corrected chi connectivity index (χ4v) is 3.77. The number of rotatable bonds is 4. The summed E-state index contributed by atoms with van der Waals surface area (Å²) < 4.78 is 1.36. The minimum Gasteiger partial charge on any atom is -0.350 e. The number of nitrogens with one attached hydrogen (secondary N) is 1. The summed E-state index contributed by atoms with van der Waals surface area (Å²) in [5, 5.41) is 3.35. The fraction of sp³-hybridized carbons (Fsp3) is 0.364. The van der Waals surface area contributed by atoms with E-state index in [0.717, 1.165) is 41.6 Å². The van der Waals surface area contributed by atoms with E-state index in [4.69, 9.17) is 0 Å². The van der Waals surface area contributed by atoms with Crippen LogP contribution in [0.3, 0.4) is 0 Å². The third kappa shape index (κ3) is 3.81. The molecule has 1 aromatic carbocycles. The van der Waals surface area contributed by atoms with Crippen LogP contribution in [0, 0.1) is 12.8 Å². The normalized spacial score (nSPS) is 16.0. The van der Waals surface area contributed by atoms with Crippen LogP contribution in [0.1, 0.15) is 35.7 Å². The maximum absolute atomic E-state index is 12.9. The van der Waals surface area contributed by atoms with Crippen molar-refractivity contribution < 1.29 is 4.79 Å². The van der Waals surface area contributed by atoms with Gasteiger partial charge in [-0.15, -0.1) is 0 Å². The quantitative estimate of drug-likeness (QED) is 0.759. The van der Waals surface area contributed by atoms with Crippen molar-refractivity contribution in [3.8, 4) is 0 Å². The monoisotopic (exact) mass is 376 g/mol. The zero-order valence-electron chi connectivity index (χ0n) is 16.2. The van der Waals surface area contributed by atoms with Gasteiger partial charge >= 0.3 is 0 Å². The lowest BCUT2D eigenvalue weighted by atomic mass is 9.87. The standard InChI is InChI=1S/C22H24N4O2/c1-14-4-3-5-16(8-14)11-23-20(27)12-26-13-24-21-18(22(26)28)10-17-9-15(2)6-7-19(17)25-21/h3-5,8,10,13,15H,6-7,9,11-12H2,1-2H3,(H,23,27). The van der Waals surface area contributed by atoms with Gasteiger partial charge in [0.2, 0.25) is 5.91 Å². The molecular formula is C22H24N4O2. The molecule has 0 bridgehead atoms. The Morgan fingerprint density at radius 3 is 3.00 bits per heavy atom. The average molecular weight is 376 g/mol. The Labute approximate surface area is 163 Å². The molecule has 1 aliphatic carbocycles. The first kappa shape index (κ1) is 18.3. The summed E-state index contributed by atoms with van der Waals surface area (Å²) in [7, 11) is 0. The SMILES string of the molecule is Cc1cccc(CNC(=O)Cn2cnc3nc4c(cc3c2=O)CC(C)CC4)c1. The lowest BCUT2D eigenvalue weighted by Gasteiger charge is -2.20. The van der Waals surface area contributed by atoms with Crippen molar-refractivity contribution in [2.24, 2.45) is 5.92 Å². The highest BCUT2D eigenvalue weighted by Crippen LogP contribution is 2.25. The van der Waals surface area contributed by atoms with Crippen LogP contribution in [-0.2, 0) is 30.7 Å². The number of carbonyl (C=O) groups is 1. The van der Waals surface area contributed by atoms with E-state index in [1.807, 2.05) is 37.3 Å². The molecule has 1 unspecified atom stereocenters. The number of hydrogen-bond acceptors (Lipinski definition) is 4. The van der Waals surface area contributed by atoms with Crippen LogP contribution < -0.4 is 10.9 Å². The highest BCUT2D eigenvalue weighted by molar-refractivity contribution is 5.77. The van der Waals surface area contributed by atoms with Crippen LogP contribution in [-0.4, -0.2) is 20.4 Å². The molecule has 1 amide bonds. The third-order valence-electron chi connectivity index (χ3n) is 5.31. The van der Waals surface area contributed by atoms with E-state index in [2.05, 4.69) is 22.2 Å². The zero-order valence-corrected chi connectivity index (χ0v) is 16.2. The van der Waals surface area contributed by atoms with E-state index in [9.17, 15) is 9.59 Å². The maximum atomic E-state index is 12.9. The minimum atomic E-state index is -0.218. The summed E-state index contributed by atoms with van der Waals surface area (Å²) in [5.41, 5.74) is 4.60. The van der Waals surface area contributed by atoms with Crippen LogP contribution in [0.4, 0.5) is 0 Å². The van der Waals surface area contributed by atoms with E-state index in [0.29, 0.717) is 23.5 Å². The lowest BCUT2D eigenvalue weighted by molar-refractivity contribution is -0.121. The summed E-state index contributed by atoms with van der Waals surface area (Å²) >= 11 is 0. The molecule has 4 rings (SSSR count). The molecule has 0 radical (unpaired) electrons. The van der Waals surface area contributed by atoms with Gasteiger partial charge in [0.1, 0.15) is 12.9 Å². The average Bonchev–Trinajstić information content (AvgIpc) is 2.68. The van der Waals surface area contributed by atoms with Crippen molar-refractivity contribution in [2.75, 3.05) is 0 Å². The van der Waals surface area contributed by atoms with Gasteiger partial charge in [0.05, 0.1) is 5.39 Å². The van der Waals surface area contributed by atoms with Gasteiger partial charge in [0.25, 0.3) is 5.56 Å². The topological polar surface area (TPSA) is 76.9 Å². The van der Waals surface area contributed by atoms with E-state index in [-0.39, 0.29) is 18.0 Å². The molecule has 1 N–H and O–H groups in total. The highest BCUT2D eigenvalue weighted by Gasteiger charge is 2.19. The molecule has 3 aromatic rings. The molecule has 0 spiro atoms. The molecular weight excluding hydrogens is 352 g/mol. The number of carbonyl (C=O) groups excluding carboxylic acids is 1. The van der Waals surface area contributed by atoms with Crippen LogP contribution in [0.2, 0.25) is 0 Å². The smallest absolute Gasteiger partial charge is 0.263 e. The van der Waals surface area contributed by atoms with E-state index >= 15 is 0 Å². The molecule has 0 saturated heterocycles. The predicted octanol–water partition coefficient (Wildman–Crippen LogP) is 2.54. The Morgan fingerprint density at radius 2 is 2.18 bits per heavy atom. The Bertz CT molecular complexity index is 1100. The molecule has 2 heterocycles. The van der Waals surface area contributed by atoms with E-state index in [1.165, 1.54) is 10.9 Å². The molecule has 144 valence electrons. The number of pyridine rings is 1. The second-order valence-electron chi connectivity index (χ2n) is 7.76. The first-order chi connectivity index (χ1) is 13.5. The van der Waals surface area contributed by atoms with Gasteiger partial charge in [-0.05, 0) is 49.3 Å². The Balaban J connectivity index is 1.53. The van der Waals surface area contributed by atoms with Crippen LogP contribution >= 0.6 is 0 Å². The van der Waals surface area contributed by atoms with Crippen molar-refractivity contribution in [1.29, 1.82) is 0 Å². The van der Waals surface area contributed by atoms with Crippen molar-refractivity contribution in [1.82, 2.24) is 19.9 Å². The summed E-state index contributed by atoms with van der Waals surface area (Å²) in [6.07, 6.45) is 4.40. The number of aromatic nitrogens is 3. The van der Waals surface area contributed by atoms with Crippen LogP contribution in [0.25, 0.3) is 11.0 Å². The number of aryl methyl sites for hydroxylation is 2. The van der Waals surface area contributed by atoms with Crippen molar-refractivity contribution in [3.63, 3.8) is 0 Å². The van der Waals surface area contributed by atoms with Crippen LogP contribution in [0.5, 0.6) is 0 Å². The Morgan fingerprint density at radius 1 is 1.32 bits per heavy atom. The van der Waals surface area contributed by atoms with Gasteiger partial charge in [-0.1, -0.05) is 36.8 Å². The van der Waals surface area contributed by atoms with Gasteiger partial charge in [-0.3, -0.25) is 14.2 Å². The predicted molar refractivity (Wildman–Crippen MR) is 108 cm³/mol. The van der Waals surface area contributed by atoms with Crippen LogP contribution in [0.15, 0.2) is 41.5 Å². The van der Waals surface area contributed by atoms with Gasteiger partial charge in [0.15, 0.2) is 5.65 Å². The van der Waals surface area contributed by atoms with E-state index < -0.39 is 0 Å². The van der Waals surface area contributed by atoms with Crippen molar-refractivity contribution in [2.45, 2.75) is 46.2 Å². The first-order valence-electron chi connectivity index (χ1n) is 9.70. The summed E-state index contributed by atoms with van der Waals surface area (Å²) in [6, 6.07) is 9.89. The highest BCUT2D eigenvalue weighted by atomic mass is 16.2. The number of fused-ring (bicyclic) bond motifs is 2. The molecule has 0 aliphatic heterocycles. The number of benzene rings is 1. The van der Waals surface area contributed by atoms with Gasteiger partial charge in [-0.2, -0.15) is 0 Å². The number of amides is 1. The van der Waals surface area contributed by atoms with Crippen molar-refractivity contribution >= 4 is 16.9 Å². The molecule has 28 heavy (non-hydrogen) atoms. The Kier molecular flexibility index (Phi) is 4.94. The van der Waals surface area contributed by atoms with E-state index in [1.54, 1.807) is 0 Å². The number of hydrogen-bond donors (Lipinski definition) is 1. The molecule has 0 saturated carbocycles. The number of nitrogens with zero attached hydrogens (tertiary/aromatic N) is 3. The lowest BCUT2D eigenvalue weighted by Crippen LogP contribution is -2.32. The van der Waals surface area contributed by atoms with Gasteiger partial charge in [-0.25, -0.2) is 9.97 Å². The zero-order chi connectivity index (χ0) is 19.7. The van der Waals surface area contributed by atoms with Gasteiger partial charge in [0, 0.05) is 12.2 Å². The summed E-state index contributed by atoms with van der Waals surface area (Å²) in [4.78, 5) is 34.1. The molecule has 0 fully saturated rings. The summed E-state index contributed by atoms with van der Waals surface area (Å²) in [5.74, 6) is 0.377. The summed E-state index contributed by atoms with van der Waals surface area (Å²) in [6.45, 7) is 4.61. The largest absolute Gasteiger partial charge is 0.350 e. The molecule has 1 atom stereocenters. The molecule has 1 aliphatic rings. The minimum absolute atomic E-state index is 0.0545. The second-order valence-corrected chi connectivity index (χ2v) is 7.76. The Hall–Kier alpha value is -3.02. The second kappa shape index (κ2) is 7.54. The molecule has 2 aromatic heterocycles. The molecule has 6 heteroatoms. The molecule has 6 nitrogen and oxygen atoms in total.